The summed E-state index contributed by atoms with van der Waals surface area (Å²) in [6, 6.07) is 8.93. The zero-order valence-corrected chi connectivity index (χ0v) is 12.6. The van der Waals surface area contributed by atoms with Gasteiger partial charge in [-0.2, -0.15) is 5.26 Å². The molecule has 0 N–H and O–H groups in total. The lowest BCUT2D eigenvalue weighted by Crippen LogP contribution is -2.09. The van der Waals surface area contributed by atoms with Crippen molar-refractivity contribution >= 4 is 45.3 Å². The summed E-state index contributed by atoms with van der Waals surface area (Å²) >= 11 is 12.4. The number of Topliss-reactive ketones (excluding diaryl/α,β-unsaturated/α-hetero) is 1. The molecule has 21 heavy (non-hydrogen) atoms. The second-order valence-electron chi connectivity index (χ2n) is 3.99. The van der Waals surface area contributed by atoms with Crippen molar-refractivity contribution in [3.63, 3.8) is 0 Å². The lowest BCUT2D eigenvalue weighted by atomic mass is 9.95. The molecular formula is C13H6Cl2N2O3S. The first kappa shape index (κ1) is 15.4. The number of hydrogen-bond donors (Lipinski definition) is 0. The molecule has 0 aliphatic rings. The Morgan fingerprint density at radius 3 is 2.52 bits per heavy atom. The third kappa shape index (κ3) is 3.22. The van der Waals surface area contributed by atoms with Gasteiger partial charge in [0.1, 0.15) is 5.92 Å². The van der Waals surface area contributed by atoms with Gasteiger partial charge in [0.15, 0.2) is 5.78 Å². The Morgan fingerprint density at radius 2 is 2.00 bits per heavy atom. The van der Waals surface area contributed by atoms with E-state index in [0.717, 1.165) is 11.3 Å². The second-order valence-corrected chi connectivity index (χ2v) is 5.87. The number of nitrogens with zero attached hydrogens (tertiary/aromatic N) is 2. The van der Waals surface area contributed by atoms with Crippen LogP contribution in [0.3, 0.4) is 0 Å². The molecule has 0 saturated carbocycles. The normalized spacial score (nSPS) is 11.7. The molecule has 1 heterocycles. The average Bonchev–Trinajstić information content (AvgIpc) is 2.93. The molecule has 0 aliphatic heterocycles. The number of nitro groups is 1. The molecule has 8 heteroatoms. The van der Waals surface area contributed by atoms with Crippen molar-refractivity contribution in [1.29, 1.82) is 5.26 Å². The highest BCUT2D eigenvalue weighted by Crippen LogP contribution is 2.31. The summed E-state index contributed by atoms with van der Waals surface area (Å²) in [6.07, 6.45) is 0. The second kappa shape index (κ2) is 6.22. The van der Waals surface area contributed by atoms with Gasteiger partial charge in [0.25, 0.3) is 0 Å². The van der Waals surface area contributed by atoms with Crippen molar-refractivity contribution in [3.05, 3.63) is 60.9 Å². The molecular weight excluding hydrogens is 335 g/mol. The smallest absolute Gasteiger partial charge is 0.291 e. The molecule has 1 aromatic carbocycles. The standard InChI is InChI=1S/C13H6Cl2N2O3S/c14-9-2-1-7(5-10(9)15)8(6-16)13(18)11-3-4-12(21-11)17(19)20/h1-5,8H. The van der Waals surface area contributed by atoms with Crippen molar-refractivity contribution in [2.45, 2.75) is 5.92 Å². The van der Waals surface area contributed by atoms with Gasteiger partial charge in [0.05, 0.1) is 25.9 Å². The van der Waals surface area contributed by atoms with Gasteiger partial charge < -0.3 is 0 Å². The van der Waals surface area contributed by atoms with Gasteiger partial charge in [-0.15, -0.1) is 0 Å². The van der Waals surface area contributed by atoms with Crippen molar-refractivity contribution in [2.24, 2.45) is 0 Å². The van der Waals surface area contributed by atoms with E-state index in [2.05, 4.69) is 0 Å². The minimum Gasteiger partial charge on any atom is -0.291 e. The molecule has 0 radical (unpaired) electrons. The molecule has 2 rings (SSSR count). The molecule has 5 nitrogen and oxygen atoms in total. The number of benzene rings is 1. The Labute approximate surface area is 133 Å². The lowest BCUT2D eigenvalue weighted by molar-refractivity contribution is -0.380. The summed E-state index contributed by atoms with van der Waals surface area (Å²) in [4.78, 5) is 22.5. The Kier molecular flexibility index (Phi) is 4.58. The maximum absolute atomic E-state index is 12.3. The maximum Gasteiger partial charge on any atom is 0.324 e. The summed E-state index contributed by atoms with van der Waals surface area (Å²) in [6.45, 7) is 0. The first-order chi connectivity index (χ1) is 9.93. The van der Waals surface area contributed by atoms with Gasteiger partial charge >= 0.3 is 5.00 Å². The minimum atomic E-state index is -1.09. The summed E-state index contributed by atoms with van der Waals surface area (Å²) in [5, 5.41) is 20.2. The van der Waals surface area contributed by atoms with Gasteiger partial charge in [-0.25, -0.2) is 0 Å². The van der Waals surface area contributed by atoms with Crippen LogP contribution < -0.4 is 0 Å². The summed E-state index contributed by atoms with van der Waals surface area (Å²) in [5.41, 5.74) is 0.396. The van der Waals surface area contributed by atoms with E-state index in [9.17, 15) is 20.2 Å². The first-order valence-corrected chi connectivity index (χ1v) is 7.14. The highest BCUT2D eigenvalue weighted by Gasteiger charge is 2.25. The molecule has 0 aliphatic carbocycles. The zero-order valence-electron chi connectivity index (χ0n) is 10.2. The van der Waals surface area contributed by atoms with Gasteiger partial charge in [-0.05, 0) is 23.8 Å². The highest BCUT2D eigenvalue weighted by molar-refractivity contribution is 7.17. The first-order valence-electron chi connectivity index (χ1n) is 5.57. The van der Waals surface area contributed by atoms with Gasteiger partial charge in [0.2, 0.25) is 0 Å². The third-order valence-corrected chi connectivity index (χ3v) is 4.47. The number of hydrogen-bond acceptors (Lipinski definition) is 5. The van der Waals surface area contributed by atoms with Crippen LogP contribution in [0.25, 0.3) is 0 Å². The Balaban J connectivity index is 2.36. The molecule has 0 amide bonds. The number of thiophene rings is 1. The largest absolute Gasteiger partial charge is 0.324 e. The van der Waals surface area contributed by atoms with E-state index in [-0.39, 0.29) is 14.9 Å². The fraction of sp³-hybridized carbons (Fsp3) is 0.0769. The Hall–Kier alpha value is -1.94. The lowest BCUT2D eigenvalue weighted by Gasteiger charge is -2.08. The van der Waals surface area contributed by atoms with Crippen LogP contribution in [-0.2, 0) is 0 Å². The van der Waals surface area contributed by atoms with Crippen molar-refractivity contribution in [3.8, 4) is 6.07 Å². The number of rotatable bonds is 4. The van der Waals surface area contributed by atoms with Crippen molar-refractivity contribution < 1.29 is 9.72 Å². The number of nitriles is 1. The predicted molar refractivity (Wildman–Crippen MR) is 80.1 cm³/mol. The van der Waals surface area contributed by atoms with Crippen LogP contribution in [0.4, 0.5) is 5.00 Å². The number of carbonyl (C=O) groups is 1. The molecule has 2 aromatic rings. The van der Waals surface area contributed by atoms with E-state index < -0.39 is 16.6 Å². The van der Waals surface area contributed by atoms with Crippen LogP contribution in [0.2, 0.25) is 10.0 Å². The molecule has 1 atom stereocenters. The Bertz CT molecular complexity index is 767. The van der Waals surface area contributed by atoms with Crippen LogP contribution >= 0.6 is 34.5 Å². The van der Waals surface area contributed by atoms with E-state index in [4.69, 9.17) is 23.2 Å². The molecule has 0 bridgehead atoms. The van der Waals surface area contributed by atoms with Crippen LogP contribution in [-0.4, -0.2) is 10.7 Å². The SMILES string of the molecule is N#CC(C(=O)c1ccc([N+](=O)[O-])s1)c1ccc(Cl)c(Cl)c1. The van der Waals surface area contributed by atoms with E-state index in [1.54, 1.807) is 0 Å². The molecule has 1 aromatic heterocycles. The van der Waals surface area contributed by atoms with E-state index >= 15 is 0 Å². The number of carbonyl (C=O) groups excluding carboxylic acids is 1. The number of ketones is 1. The fourth-order valence-corrected chi connectivity index (χ4v) is 2.77. The van der Waals surface area contributed by atoms with Gasteiger partial charge in [-0.3, -0.25) is 14.9 Å². The van der Waals surface area contributed by atoms with E-state index in [0.29, 0.717) is 10.6 Å². The molecule has 0 saturated heterocycles. The Morgan fingerprint density at radius 1 is 1.29 bits per heavy atom. The average molecular weight is 341 g/mol. The topological polar surface area (TPSA) is 84.0 Å². The number of halogens is 2. The van der Waals surface area contributed by atoms with Gasteiger partial charge in [0, 0.05) is 6.07 Å². The van der Waals surface area contributed by atoms with Crippen molar-refractivity contribution in [2.75, 3.05) is 0 Å². The zero-order chi connectivity index (χ0) is 15.6. The third-order valence-electron chi connectivity index (χ3n) is 2.68. The van der Waals surface area contributed by atoms with Crippen LogP contribution in [0, 0.1) is 21.4 Å². The maximum atomic E-state index is 12.3. The predicted octanol–water partition coefficient (Wildman–Crippen LogP) is 4.45. The van der Waals surface area contributed by atoms with Crippen LogP contribution in [0.5, 0.6) is 0 Å². The highest BCUT2D eigenvalue weighted by atomic mass is 35.5. The molecule has 1 unspecified atom stereocenters. The van der Waals surface area contributed by atoms with Crippen LogP contribution in [0.1, 0.15) is 21.2 Å². The monoisotopic (exact) mass is 340 g/mol. The molecule has 106 valence electrons. The molecule has 0 fully saturated rings. The summed E-state index contributed by atoms with van der Waals surface area (Å²) in [7, 11) is 0. The van der Waals surface area contributed by atoms with Crippen LogP contribution in [0.15, 0.2) is 30.3 Å². The fourth-order valence-electron chi connectivity index (χ4n) is 1.68. The summed E-state index contributed by atoms with van der Waals surface area (Å²) < 4.78 is 0. The van der Waals surface area contributed by atoms with Crippen molar-refractivity contribution in [1.82, 2.24) is 0 Å². The minimum absolute atomic E-state index is 0.149. The van der Waals surface area contributed by atoms with E-state index in [1.165, 1.54) is 30.3 Å². The summed E-state index contributed by atoms with van der Waals surface area (Å²) in [5.74, 6) is -1.59. The molecule has 0 spiro atoms. The van der Waals surface area contributed by atoms with E-state index in [1.807, 2.05) is 6.07 Å². The van der Waals surface area contributed by atoms with Gasteiger partial charge in [-0.1, -0.05) is 40.6 Å². The quantitative estimate of drug-likeness (QED) is 0.467.